The molecule has 0 unspecified atom stereocenters. The van der Waals surface area contributed by atoms with Crippen LogP contribution in [0, 0.1) is 11.3 Å². The lowest BCUT2D eigenvalue weighted by Crippen LogP contribution is -2.37. The molecule has 0 radical (unpaired) electrons. The number of nitriles is 1. The fourth-order valence-electron chi connectivity index (χ4n) is 3.43. The van der Waals surface area contributed by atoms with Gasteiger partial charge in [-0.3, -0.25) is 14.2 Å². The summed E-state index contributed by atoms with van der Waals surface area (Å²) in [6.07, 6.45) is 4.92. The number of hydrogen-bond acceptors (Lipinski definition) is 6. The number of aromatic nitrogens is 2. The van der Waals surface area contributed by atoms with E-state index < -0.39 is 27.2 Å². The molecule has 1 aromatic heterocycles. The number of hydrogen-bond donors (Lipinski definition) is 1. The lowest BCUT2D eigenvalue weighted by molar-refractivity contribution is -0.112. The summed E-state index contributed by atoms with van der Waals surface area (Å²) in [6, 6.07) is 7.54. The van der Waals surface area contributed by atoms with Gasteiger partial charge < -0.3 is 9.88 Å². The number of anilines is 1. The molecule has 10 nitrogen and oxygen atoms in total. The summed E-state index contributed by atoms with van der Waals surface area (Å²) in [6.45, 7) is 0.906. The highest BCUT2D eigenvalue weighted by atomic mass is 32.2. The maximum Gasteiger partial charge on any atom is 0.330 e. The van der Waals surface area contributed by atoms with Crippen LogP contribution >= 0.6 is 0 Å². The number of aryl methyl sites for hydroxylation is 1. The monoisotopic (exact) mass is 457 g/mol. The first kappa shape index (κ1) is 23.2. The molecule has 0 bridgehead atoms. The average Bonchev–Trinajstić information content (AvgIpc) is 2.79. The van der Waals surface area contributed by atoms with Crippen molar-refractivity contribution in [3.63, 3.8) is 0 Å². The predicted molar refractivity (Wildman–Crippen MR) is 118 cm³/mol. The molecule has 1 amide bonds. The Bertz CT molecular complexity index is 1340. The average molecular weight is 458 g/mol. The van der Waals surface area contributed by atoms with E-state index in [-0.39, 0.29) is 21.7 Å². The van der Waals surface area contributed by atoms with Gasteiger partial charge in [-0.2, -0.15) is 9.57 Å². The Morgan fingerprint density at radius 1 is 1.16 bits per heavy atom. The minimum Gasteiger partial charge on any atom is -0.321 e. The summed E-state index contributed by atoms with van der Waals surface area (Å²) >= 11 is 0. The molecule has 0 aliphatic carbocycles. The largest absolute Gasteiger partial charge is 0.330 e. The van der Waals surface area contributed by atoms with Crippen LogP contribution in [0.1, 0.15) is 24.8 Å². The van der Waals surface area contributed by atoms with Gasteiger partial charge in [0.2, 0.25) is 10.0 Å². The lowest BCUT2D eigenvalue weighted by atomic mass is 10.2. The normalized spacial score (nSPS) is 15.2. The molecule has 2 aromatic rings. The summed E-state index contributed by atoms with van der Waals surface area (Å²) in [4.78, 5) is 36.7. The standard InChI is InChI=1S/C21H23N5O5S/c1-24-14-16(20(28)25(2)21(24)29)11-15(13-22)19(27)23-17-7-6-8-18(12-17)32(30,31)26-9-4-3-5-10-26/h6-8,11-12,14H,3-5,9-10H2,1-2H3,(H,23,27)/b15-11+. The molecule has 1 aliphatic heterocycles. The SMILES string of the molecule is Cn1cc(/C=C(\C#N)C(=O)Nc2cccc(S(=O)(=O)N3CCCCC3)c2)c(=O)n(C)c1=O. The Morgan fingerprint density at radius 2 is 1.84 bits per heavy atom. The quantitative estimate of drug-likeness (QED) is 0.521. The van der Waals surface area contributed by atoms with Gasteiger partial charge in [0, 0.05) is 39.1 Å². The van der Waals surface area contributed by atoms with Crippen molar-refractivity contribution in [2.45, 2.75) is 24.2 Å². The van der Waals surface area contributed by atoms with E-state index in [0.29, 0.717) is 13.1 Å². The van der Waals surface area contributed by atoms with Gasteiger partial charge in [-0.25, -0.2) is 13.2 Å². The van der Waals surface area contributed by atoms with Crippen molar-refractivity contribution in [1.82, 2.24) is 13.4 Å². The maximum atomic E-state index is 12.9. The predicted octanol–water partition coefficient (Wildman–Crippen LogP) is 0.804. The van der Waals surface area contributed by atoms with Crippen LogP contribution in [0.5, 0.6) is 0 Å². The van der Waals surface area contributed by atoms with Gasteiger partial charge in [0.1, 0.15) is 11.6 Å². The first-order chi connectivity index (χ1) is 15.1. The first-order valence-corrected chi connectivity index (χ1v) is 11.4. The van der Waals surface area contributed by atoms with Gasteiger partial charge in [0.25, 0.3) is 11.5 Å². The minimum atomic E-state index is -3.69. The molecule has 1 N–H and O–H groups in total. The highest BCUT2D eigenvalue weighted by molar-refractivity contribution is 7.89. The number of carbonyl (C=O) groups is 1. The van der Waals surface area contributed by atoms with Crippen molar-refractivity contribution in [1.29, 1.82) is 5.26 Å². The topological polar surface area (TPSA) is 134 Å². The second-order valence-corrected chi connectivity index (χ2v) is 9.40. The van der Waals surface area contributed by atoms with Gasteiger partial charge in [0.15, 0.2) is 0 Å². The van der Waals surface area contributed by atoms with Gasteiger partial charge in [-0.1, -0.05) is 12.5 Å². The van der Waals surface area contributed by atoms with E-state index in [0.717, 1.165) is 34.5 Å². The minimum absolute atomic E-state index is 0.0114. The van der Waals surface area contributed by atoms with Crippen LogP contribution in [0.2, 0.25) is 0 Å². The second kappa shape index (κ2) is 9.33. The van der Waals surface area contributed by atoms with E-state index in [1.54, 1.807) is 6.07 Å². The Kier molecular flexibility index (Phi) is 6.76. The van der Waals surface area contributed by atoms with E-state index in [1.165, 1.54) is 48.9 Å². The Hall–Kier alpha value is -3.49. The molecule has 1 aliphatic rings. The molecular formula is C21H23N5O5S. The zero-order valence-corrected chi connectivity index (χ0v) is 18.6. The molecule has 1 saturated heterocycles. The van der Waals surface area contributed by atoms with Crippen LogP contribution in [-0.2, 0) is 28.9 Å². The first-order valence-electron chi connectivity index (χ1n) is 9.95. The number of sulfonamides is 1. The van der Waals surface area contributed by atoms with E-state index in [4.69, 9.17) is 0 Å². The van der Waals surface area contributed by atoms with E-state index in [2.05, 4.69) is 5.32 Å². The van der Waals surface area contributed by atoms with Crippen molar-refractivity contribution in [3.05, 3.63) is 62.4 Å². The van der Waals surface area contributed by atoms with Crippen LogP contribution in [-0.4, -0.2) is 40.9 Å². The number of nitrogens with one attached hydrogen (secondary N) is 1. The fourth-order valence-corrected chi connectivity index (χ4v) is 4.99. The van der Waals surface area contributed by atoms with Crippen molar-refractivity contribution >= 4 is 27.7 Å². The Labute approximate surface area is 185 Å². The molecule has 168 valence electrons. The number of carbonyl (C=O) groups excluding carboxylic acids is 1. The molecule has 1 aromatic carbocycles. The van der Waals surface area contributed by atoms with Gasteiger partial charge >= 0.3 is 5.69 Å². The maximum absolute atomic E-state index is 12.9. The summed E-state index contributed by atoms with van der Waals surface area (Å²) in [7, 11) is -0.950. The number of nitrogens with zero attached hydrogens (tertiary/aromatic N) is 4. The molecular weight excluding hydrogens is 434 g/mol. The van der Waals surface area contributed by atoms with Crippen molar-refractivity contribution in [3.8, 4) is 6.07 Å². The van der Waals surface area contributed by atoms with Gasteiger partial charge in [-0.15, -0.1) is 0 Å². The zero-order chi connectivity index (χ0) is 23.5. The smallest absolute Gasteiger partial charge is 0.321 e. The summed E-state index contributed by atoms with van der Waals surface area (Å²) in [5.41, 5.74) is -1.37. The van der Waals surface area contributed by atoms with Crippen LogP contribution in [0.25, 0.3) is 6.08 Å². The van der Waals surface area contributed by atoms with Crippen LogP contribution in [0.15, 0.2) is 50.5 Å². The van der Waals surface area contributed by atoms with Crippen LogP contribution in [0.4, 0.5) is 5.69 Å². The number of benzene rings is 1. The molecule has 32 heavy (non-hydrogen) atoms. The Morgan fingerprint density at radius 3 is 2.50 bits per heavy atom. The highest BCUT2D eigenvalue weighted by Crippen LogP contribution is 2.23. The Balaban J connectivity index is 1.88. The third-order valence-electron chi connectivity index (χ3n) is 5.18. The molecule has 0 spiro atoms. The van der Waals surface area contributed by atoms with E-state index >= 15 is 0 Å². The van der Waals surface area contributed by atoms with Crippen molar-refractivity contribution in [2.75, 3.05) is 18.4 Å². The summed E-state index contributed by atoms with van der Waals surface area (Å²) in [5, 5.41) is 11.9. The number of piperidine rings is 1. The lowest BCUT2D eigenvalue weighted by Gasteiger charge is -2.26. The number of rotatable bonds is 5. The van der Waals surface area contributed by atoms with Crippen molar-refractivity contribution < 1.29 is 13.2 Å². The third-order valence-corrected chi connectivity index (χ3v) is 7.08. The van der Waals surface area contributed by atoms with Gasteiger partial charge in [0.05, 0.1) is 10.5 Å². The van der Waals surface area contributed by atoms with Crippen LogP contribution in [0.3, 0.4) is 0 Å². The summed E-state index contributed by atoms with van der Waals surface area (Å²) in [5.74, 6) is -0.809. The van der Waals surface area contributed by atoms with Gasteiger partial charge in [-0.05, 0) is 37.1 Å². The highest BCUT2D eigenvalue weighted by Gasteiger charge is 2.26. The summed E-state index contributed by atoms with van der Waals surface area (Å²) < 4.78 is 29.2. The van der Waals surface area contributed by atoms with E-state index in [1.807, 2.05) is 0 Å². The molecule has 0 atom stereocenters. The van der Waals surface area contributed by atoms with E-state index in [9.17, 15) is 28.1 Å². The zero-order valence-electron chi connectivity index (χ0n) is 17.7. The molecule has 11 heteroatoms. The second-order valence-electron chi connectivity index (χ2n) is 7.46. The molecule has 0 saturated carbocycles. The van der Waals surface area contributed by atoms with Crippen molar-refractivity contribution in [2.24, 2.45) is 14.1 Å². The molecule has 2 heterocycles. The third kappa shape index (κ3) is 4.71. The fraction of sp³-hybridized carbons (Fsp3) is 0.333. The molecule has 1 fully saturated rings. The van der Waals surface area contributed by atoms with Crippen LogP contribution < -0.4 is 16.6 Å². The molecule has 3 rings (SSSR count). The number of amides is 1.